The van der Waals surface area contributed by atoms with Crippen molar-refractivity contribution in [3.05, 3.63) is 0 Å². The number of nitrogens with two attached hydrogens (primary N) is 2. The predicted molar refractivity (Wildman–Crippen MR) is 115 cm³/mol. The molecular formula is C20H39ClN6O4. The summed E-state index contributed by atoms with van der Waals surface area (Å²) >= 11 is 0. The lowest BCUT2D eigenvalue weighted by atomic mass is 9.96. The second kappa shape index (κ2) is 16.3. The first kappa shape index (κ1) is 30.8. The molecule has 0 rings (SSSR count). The van der Waals surface area contributed by atoms with Gasteiger partial charge in [-0.3, -0.25) is 30.8 Å². The van der Waals surface area contributed by atoms with E-state index in [-0.39, 0.29) is 36.1 Å². The Morgan fingerprint density at radius 3 is 2.10 bits per heavy atom. The summed E-state index contributed by atoms with van der Waals surface area (Å²) in [6.07, 6.45) is 2.74. The number of amides is 3. The van der Waals surface area contributed by atoms with E-state index in [1.807, 2.05) is 27.7 Å². The normalized spacial score (nSPS) is 14.3. The Kier molecular flexibility index (Phi) is 16.3. The van der Waals surface area contributed by atoms with E-state index in [1.165, 1.54) is 6.92 Å². The van der Waals surface area contributed by atoms with Gasteiger partial charge in [0.25, 0.3) is 0 Å². The molecule has 0 fully saturated rings. The van der Waals surface area contributed by atoms with Crippen LogP contribution >= 0.6 is 0 Å². The molecule has 31 heavy (non-hydrogen) atoms. The lowest BCUT2D eigenvalue weighted by Gasteiger charge is -2.28. The van der Waals surface area contributed by atoms with Gasteiger partial charge in [-0.15, -0.1) is 0 Å². The minimum Gasteiger partial charge on any atom is -1.00 e. The molecule has 0 saturated carbocycles. The summed E-state index contributed by atoms with van der Waals surface area (Å²) in [7, 11) is 0. The maximum absolute atomic E-state index is 12.8. The van der Waals surface area contributed by atoms with Crippen molar-refractivity contribution in [3.8, 4) is 0 Å². The molecule has 0 spiro atoms. The second-order valence-electron chi connectivity index (χ2n) is 8.03. The SMILES string of the molecule is CC[C@H](C)[C@H](NC(=O)[C@H](CC(C)C)NC(C)=O)C(=O)N[C@@H](CCC[NH+]=C(N)N)[13CH]=O.[Cl-]. The first-order valence-electron chi connectivity index (χ1n) is 10.5. The standard InChI is InChI=1S/C20H38N6O4.ClH/c1-6-13(4)17(26-18(29)16(10-12(2)3)24-14(5)28)19(30)25-15(11-27)8-7-9-23-20(21)22;/h11-13,15-17H,6-10H2,1-5H3,(H,24,28)(H,25,30)(H,26,29)(H4,21,22,23);1H/t13-,15-,16-,17-;/m0./s1/i11+1;. The molecule has 0 unspecified atom stereocenters. The number of rotatable bonds is 14. The van der Waals surface area contributed by atoms with E-state index in [4.69, 9.17) is 11.5 Å². The van der Waals surface area contributed by atoms with Crippen LogP contribution in [0.2, 0.25) is 0 Å². The highest BCUT2D eigenvalue weighted by Crippen LogP contribution is 2.11. The Balaban J connectivity index is 0. The van der Waals surface area contributed by atoms with E-state index in [0.717, 1.165) is 0 Å². The summed E-state index contributed by atoms with van der Waals surface area (Å²) in [6.45, 7) is 9.47. The van der Waals surface area contributed by atoms with Crippen molar-refractivity contribution in [1.82, 2.24) is 16.0 Å². The van der Waals surface area contributed by atoms with Gasteiger partial charge >= 0.3 is 5.96 Å². The van der Waals surface area contributed by atoms with Crippen LogP contribution in [0.5, 0.6) is 0 Å². The molecule has 0 saturated heterocycles. The molecule has 3 amide bonds. The number of carbonyl (C=O) groups excluding carboxylic acids is 4. The van der Waals surface area contributed by atoms with Gasteiger partial charge in [-0.05, 0) is 31.1 Å². The van der Waals surface area contributed by atoms with Crippen LogP contribution in [0.3, 0.4) is 0 Å². The molecule has 0 aromatic carbocycles. The Hall–Kier alpha value is -2.36. The van der Waals surface area contributed by atoms with Gasteiger partial charge in [0, 0.05) is 6.92 Å². The molecule has 0 radical (unpaired) electrons. The molecule has 0 aliphatic rings. The maximum atomic E-state index is 12.8. The average Bonchev–Trinajstić information content (AvgIpc) is 2.65. The minimum atomic E-state index is -0.820. The van der Waals surface area contributed by atoms with Gasteiger partial charge in [0.05, 0.1) is 12.6 Å². The molecule has 0 aromatic rings. The number of hydrogen-bond donors (Lipinski definition) is 6. The van der Waals surface area contributed by atoms with Crippen LogP contribution in [-0.2, 0) is 19.2 Å². The third-order valence-corrected chi connectivity index (χ3v) is 4.71. The molecule has 0 aliphatic heterocycles. The molecule has 180 valence electrons. The Morgan fingerprint density at radius 1 is 1.03 bits per heavy atom. The van der Waals surface area contributed by atoms with Crippen LogP contribution in [0, 0.1) is 11.8 Å². The smallest absolute Gasteiger partial charge is 0.338 e. The third-order valence-electron chi connectivity index (χ3n) is 4.71. The molecular weight excluding hydrogens is 425 g/mol. The van der Waals surface area contributed by atoms with E-state index in [1.54, 1.807) is 0 Å². The minimum absolute atomic E-state index is 0. The average molecular weight is 464 g/mol. The molecule has 8 N–H and O–H groups in total. The van der Waals surface area contributed by atoms with Crippen LogP contribution in [0.4, 0.5) is 0 Å². The first-order valence-corrected chi connectivity index (χ1v) is 10.5. The summed E-state index contributed by atoms with van der Waals surface area (Å²) in [5.41, 5.74) is 10.6. The van der Waals surface area contributed by atoms with E-state index in [2.05, 4.69) is 20.9 Å². The molecule has 0 aromatic heterocycles. The quantitative estimate of drug-likeness (QED) is 0.0494. The van der Waals surface area contributed by atoms with Gasteiger partial charge in [0.2, 0.25) is 17.7 Å². The van der Waals surface area contributed by atoms with Crippen molar-refractivity contribution in [2.75, 3.05) is 6.54 Å². The lowest BCUT2D eigenvalue weighted by molar-refractivity contribution is -0.459. The topological polar surface area (TPSA) is 170 Å². The summed E-state index contributed by atoms with van der Waals surface area (Å²) in [4.78, 5) is 51.2. The van der Waals surface area contributed by atoms with Crippen LogP contribution in [0.1, 0.15) is 60.3 Å². The maximum Gasteiger partial charge on any atom is 0.338 e. The van der Waals surface area contributed by atoms with Crippen LogP contribution in [-0.4, -0.2) is 54.6 Å². The zero-order valence-corrected chi connectivity index (χ0v) is 19.9. The number of aldehydes is 1. The highest BCUT2D eigenvalue weighted by molar-refractivity contribution is 5.92. The number of nitrogens with one attached hydrogen (secondary N) is 4. The predicted octanol–water partition coefficient (Wildman–Crippen LogP) is -5.11. The number of hydrogen-bond acceptors (Lipinski definition) is 4. The first-order chi connectivity index (χ1) is 14.0. The molecule has 0 bridgehead atoms. The second-order valence-corrected chi connectivity index (χ2v) is 8.03. The van der Waals surface area contributed by atoms with E-state index < -0.39 is 29.9 Å². The number of carbonyl (C=O) groups is 4. The van der Waals surface area contributed by atoms with Crippen molar-refractivity contribution in [2.24, 2.45) is 23.3 Å². The van der Waals surface area contributed by atoms with Crippen molar-refractivity contribution >= 4 is 30.0 Å². The van der Waals surface area contributed by atoms with Gasteiger partial charge in [-0.2, -0.15) is 0 Å². The largest absolute Gasteiger partial charge is 1.00 e. The van der Waals surface area contributed by atoms with E-state index >= 15 is 0 Å². The number of halogens is 1. The molecule has 10 nitrogen and oxygen atoms in total. The summed E-state index contributed by atoms with van der Waals surface area (Å²) < 4.78 is 0. The van der Waals surface area contributed by atoms with Gasteiger partial charge in [0.15, 0.2) is 0 Å². The monoisotopic (exact) mass is 463 g/mol. The highest BCUT2D eigenvalue weighted by Gasteiger charge is 2.30. The van der Waals surface area contributed by atoms with Crippen molar-refractivity contribution in [1.29, 1.82) is 0 Å². The van der Waals surface area contributed by atoms with Crippen LogP contribution in [0.25, 0.3) is 0 Å². The fraction of sp³-hybridized carbons (Fsp3) is 0.750. The fourth-order valence-corrected chi connectivity index (χ4v) is 2.91. The molecule has 4 atom stereocenters. The summed E-state index contributed by atoms with van der Waals surface area (Å²) in [5.74, 6) is -1.05. The van der Waals surface area contributed by atoms with Crippen molar-refractivity contribution in [2.45, 2.75) is 78.4 Å². The zero-order valence-electron chi connectivity index (χ0n) is 19.2. The van der Waals surface area contributed by atoms with Crippen LogP contribution < -0.4 is 44.8 Å². The molecule has 0 heterocycles. The Bertz CT molecular complexity index is 610. The van der Waals surface area contributed by atoms with E-state index in [9.17, 15) is 19.2 Å². The third kappa shape index (κ3) is 13.5. The Labute approximate surface area is 191 Å². The summed E-state index contributed by atoms with van der Waals surface area (Å²) in [5, 5.41) is 8.09. The Morgan fingerprint density at radius 2 is 1.65 bits per heavy atom. The zero-order chi connectivity index (χ0) is 23.3. The molecule has 11 heteroatoms. The van der Waals surface area contributed by atoms with Gasteiger partial charge in [-0.1, -0.05) is 34.1 Å². The van der Waals surface area contributed by atoms with Gasteiger partial charge in [-0.25, -0.2) is 0 Å². The van der Waals surface area contributed by atoms with Crippen molar-refractivity contribution in [3.63, 3.8) is 0 Å². The highest BCUT2D eigenvalue weighted by atomic mass is 35.5. The van der Waals surface area contributed by atoms with E-state index in [0.29, 0.717) is 38.5 Å². The van der Waals surface area contributed by atoms with Crippen LogP contribution in [0.15, 0.2) is 0 Å². The summed E-state index contributed by atoms with van der Waals surface area (Å²) in [6, 6.07) is -2.24. The lowest BCUT2D eigenvalue weighted by Crippen LogP contribution is -3.00. The van der Waals surface area contributed by atoms with Gasteiger partial charge < -0.3 is 33.2 Å². The van der Waals surface area contributed by atoms with Gasteiger partial charge in [0.1, 0.15) is 18.4 Å². The fourth-order valence-electron chi connectivity index (χ4n) is 2.91. The van der Waals surface area contributed by atoms with Crippen molar-refractivity contribution < 1.29 is 36.6 Å². The number of guanidine groups is 1. The molecule has 0 aliphatic carbocycles.